The predicted octanol–water partition coefficient (Wildman–Crippen LogP) is 2.69. The van der Waals surface area contributed by atoms with E-state index in [9.17, 15) is 14.7 Å². The molecule has 0 spiro atoms. The fourth-order valence-corrected chi connectivity index (χ4v) is 2.41. The molecule has 3 rings (SSSR count). The minimum Gasteiger partial charge on any atom is -0.493 e. The number of benzene rings is 2. The van der Waals surface area contributed by atoms with E-state index in [4.69, 9.17) is 13.9 Å². The lowest BCUT2D eigenvalue weighted by Crippen LogP contribution is -2.25. The third kappa shape index (κ3) is 5.08. The van der Waals surface area contributed by atoms with Crippen molar-refractivity contribution in [3.63, 3.8) is 0 Å². The van der Waals surface area contributed by atoms with E-state index in [-0.39, 0.29) is 11.5 Å². The van der Waals surface area contributed by atoms with Gasteiger partial charge in [-0.3, -0.25) is 4.79 Å². The zero-order valence-electron chi connectivity index (χ0n) is 15.4. The van der Waals surface area contributed by atoms with E-state index in [1.54, 1.807) is 48.5 Å². The number of aliphatic hydroxyl groups is 1. The summed E-state index contributed by atoms with van der Waals surface area (Å²) in [6, 6.07) is 16.3. The van der Waals surface area contributed by atoms with E-state index < -0.39 is 18.0 Å². The Balaban J connectivity index is 1.63. The van der Waals surface area contributed by atoms with Gasteiger partial charge in [0.25, 0.3) is 5.91 Å². The number of methoxy groups -OCH3 is 1. The molecule has 1 aromatic heterocycles. The number of nitrogens with one attached hydrogen (secondary N) is 1. The molecule has 0 saturated carbocycles. The molecule has 0 unspecified atom stereocenters. The van der Waals surface area contributed by atoms with Crippen LogP contribution in [-0.2, 0) is 4.79 Å². The summed E-state index contributed by atoms with van der Waals surface area (Å²) in [7, 11) is 1.43. The van der Waals surface area contributed by atoms with E-state index in [0.717, 1.165) is 0 Å². The Morgan fingerprint density at radius 2 is 1.90 bits per heavy atom. The zero-order valence-corrected chi connectivity index (χ0v) is 15.4. The number of rotatable bonds is 7. The van der Waals surface area contributed by atoms with Crippen molar-refractivity contribution in [1.29, 1.82) is 0 Å². The number of carbonyl (C=O) groups excluding carboxylic acids is 2. The summed E-state index contributed by atoms with van der Waals surface area (Å²) in [5.41, 5.74) is 3.31. The molecule has 2 aromatic carbocycles. The van der Waals surface area contributed by atoms with Crippen LogP contribution in [0.2, 0.25) is 0 Å². The van der Waals surface area contributed by atoms with Crippen molar-refractivity contribution in [2.75, 3.05) is 7.11 Å². The summed E-state index contributed by atoms with van der Waals surface area (Å²) in [6.45, 7) is 0. The first-order chi connectivity index (χ1) is 14.1. The van der Waals surface area contributed by atoms with Gasteiger partial charge in [-0.2, -0.15) is 5.10 Å². The number of amides is 1. The molecule has 0 radical (unpaired) electrons. The summed E-state index contributed by atoms with van der Waals surface area (Å²) >= 11 is 0. The van der Waals surface area contributed by atoms with Gasteiger partial charge in [0.05, 0.1) is 19.6 Å². The van der Waals surface area contributed by atoms with Gasteiger partial charge in [-0.05, 0) is 41.5 Å². The Hall–Kier alpha value is -3.91. The number of carbonyl (C=O) groups is 2. The van der Waals surface area contributed by atoms with Crippen LogP contribution in [0, 0.1) is 0 Å². The van der Waals surface area contributed by atoms with Crippen LogP contribution in [0.15, 0.2) is 76.4 Å². The maximum atomic E-state index is 12.0. The van der Waals surface area contributed by atoms with Gasteiger partial charge < -0.3 is 19.0 Å². The van der Waals surface area contributed by atoms with Crippen molar-refractivity contribution in [3.8, 4) is 11.5 Å². The van der Waals surface area contributed by atoms with Gasteiger partial charge in [-0.1, -0.05) is 30.3 Å². The summed E-state index contributed by atoms with van der Waals surface area (Å²) in [5, 5.41) is 13.8. The van der Waals surface area contributed by atoms with Crippen molar-refractivity contribution in [1.82, 2.24) is 5.43 Å². The SMILES string of the molecule is COc1cc(/C=N\NC(=O)[C@H](O)c2ccccc2)ccc1OC(=O)c1ccco1. The lowest BCUT2D eigenvalue weighted by atomic mass is 10.1. The number of nitrogens with zero attached hydrogens (tertiary/aromatic N) is 1. The maximum absolute atomic E-state index is 12.0. The first-order valence-electron chi connectivity index (χ1n) is 8.58. The second kappa shape index (κ2) is 9.34. The molecular formula is C21H18N2O6. The van der Waals surface area contributed by atoms with Crippen LogP contribution in [0.5, 0.6) is 11.5 Å². The van der Waals surface area contributed by atoms with E-state index in [0.29, 0.717) is 16.9 Å². The lowest BCUT2D eigenvalue weighted by Gasteiger charge is -2.09. The molecule has 1 atom stereocenters. The van der Waals surface area contributed by atoms with E-state index >= 15 is 0 Å². The maximum Gasteiger partial charge on any atom is 0.379 e. The second-order valence-electron chi connectivity index (χ2n) is 5.82. The Bertz CT molecular complexity index is 999. The molecule has 0 bridgehead atoms. The fourth-order valence-electron chi connectivity index (χ4n) is 2.41. The molecule has 8 nitrogen and oxygen atoms in total. The Morgan fingerprint density at radius 1 is 1.10 bits per heavy atom. The molecule has 0 aliphatic heterocycles. The van der Waals surface area contributed by atoms with Crippen LogP contribution in [0.3, 0.4) is 0 Å². The third-order valence-electron chi connectivity index (χ3n) is 3.86. The largest absolute Gasteiger partial charge is 0.493 e. The standard InChI is InChI=1S/C21H18N2O6/c1-27-18-12-14(9-10-16(18)29-21(26)17-8-5-11-28-17)13-22-23-20(25)19(24)15-6-3-2-4-7-15/h2-13,19,24H,1H3,(H,23,25)/b22-13-/t19-/m1/s1. The van der Waals surface area contributed by atoms with Crippen molar-refractivity contribution in [2.24, 2.45) is 5.10 Å². The van der Waals surface area contributed by atoms with Gasteiger partial charge in [0.15, 0.2) is 17.6 Å². The number of hydrazone groups is 1. The van der Waals surface area contributed by atoms with E-state index in [2.05, 4.69) is 10.5 Å². The molecule has 0 aliphatic carbocycles. The molecule has 8 heteroatoms. The summed E-state index contributed by atoms with van der Waals surface area (Å²) in [6.07, 6.45) is 1.42. The van der Waals surface area contributed by atoms with Crippen molar-refractivity contribution < 1.29 is 28.6 Å². The quantitative estimate of drug-likeness (QED) is 0.276. The summed E-state index contributed by atoms with van der Waals surface area (Å²) in [4.78, 5) is 24.0. The molecule has 0 saturated heterocycles. The molecule has 3 aromatic rings. The minimum absolute atomic E-state index is 0.0670. The first kappa shape index (κ1) is 19.8. The predicted molar refractivity (Wildman–Crippen MR) is 104 cm³/mol. The lowest BCUT2D eigenvalue weighted by molar-refractivity contribution is -0.129. The van der Waals surface area contributed by atoms with Gasteiger partial charge in [-0.15, -0.1) is 0 Å². The number of hydrogen-bond donors (Lipinski definition) is 2. The number of furan rings is 1. The Morgan fingerprint density at radius 3 is 2.59 bits per heavy atom. The monoisotopic (exact) mass is 394 g/mol. The molecule has 0 fully saturated rings. The highest BCUT2D eigenvalue weighted by Gasteiger charge is 2.16. The van der Waals surface area contributed by atoms with Crippen LogP contribution in [0.1, 0.15) is 27.8 Å². The molecule has 0 aliphatic rings. The smallest absolute Gasteiger partial charge is 0.379 e. The summed E-state index contributed by atoms with van der Waals surface area (Å²) in [5.74, 6) is -0.753. The summed E-state index contributed by atoms with van der Waals surface area (Å²) < 4.78 is 15.5. The number of esters is 1. The topological polar surface area (TPSA) is 110 Å². The highest BCUT2D eigenvalue weighted by Crippen LogP contribution is 2.28. The molecule has 1 heterocycles. The number of hydrogen-bond acceptors (Lipinski definition) is 7. The van der Waals surface area contributed by atoms with Gasteiger partial charge in [0.1, 0.15) is 0 Å². The number of ether oxygens (including phenoxy) is 2. The van der Waals surface area contributed by atoms with Crippen molar-refractivity contribution >= 4 is 18.1 Å². The molecule has 148 valence electrons. The Kier molecular flexibility index (Phi) is 6.39. The van der Waals surface area contributed by atoms with Crippen molar-refractivity contribution in [3.05, 3.63) is 83.8 Å². The van der Waals surface area contributed by atoms with E-state index in [1.807, 2.05) is 0 Å². The molecule has 2 N–H and O–H groups in total. The second-order valence-corrected chi connectivity index (χ2v) is 5.82. The van der Waals surface area contributed by atoms with Crippen molar-refractivity contribution in [2.45, 2.75) is 6.10 Å². The minimum atomic E-state index is -1.33. The molecule has 29 heavy (non-hydrogen) atoms. The van der Waals surface area contributed by atoms with Crippen LogP contribution < -0.4 is 14.9 Å². The average molecular weight is 394 g/mol. The van der Waals surface area contributed by atoms with E-state index in [1.165, 1.54) is 31.7 Å². The van der Waals surface area contributed by atoms with Crippen LogP contribution in [-0.4, -0.2) is 30.3 Å². The van der Waals surface area contributed by atoms with Crippen LogP contribution in [0.4, 0.5) is 0 Å². The van der Waals surface area contributed by atoms with Gasteiger partial charge in [0, 0.05) is 0 Å². The van der Waals surface area contributed by atoms with Crippen LogP contribution in [0.25, 0.3) is 0 Å². The average Bonchev–Trinajstić information content (AvgIpc) is 3.29. The fraction of sp³-hybridized carbons (Fsp3) is 0.0952. The first-order valence-corrected chi connectivity index (χ1v) is 8.58. The Labute approximate surface area is 166 Å². The highest BCUT2D eigenvalue weighted by atomic mass is 16.6. The number of aliphatic hydroxyl groups excluding tert-OH is 1. The molecule has 1 amide bonds. The highest BCUT2D eigenvalue weighted by molar-refractivity contribution is 5.89. The third-order valence-corrected chi connectivity index (χ3v) is 3.86. The van der Waals surface area contributed by atoms with Gasteiger partial charge >= 0.3 is 5.97 Å². The van der Waals surface area contributed by atoms with Gasteiger partial charge in [-0.25, -0.2) is 10.2 Å². The van der Waals surface area contributed by atoms with Crippen LogP contribution >= 0.6 is 0 Å². The normalized spacial score (nSPS) is 11.8. The molecular weight excluding hydrogens is 376 g/mol. The van der Waals surface area contributed by atoms with Gasteiger partial charge in [0.2, 0.25) is 5.76 Å². The zero-order chi connectivity index (χ0) is 20.6.